The molecule has 1 saturated heterocycles. The Kier molecular flexibility index (Phi) is 4.46. The van der Waals surface area contributed by atoms with Gasteiger partial charge in [0.05, 0.1) is 5.56 Å². The van der Waals surface area contributed by atoms with Crippen molar-refractivity contribution >= 4 is 29.1 Å². The Morgan fingerprint density at radius 3 is 2.94 bits per heavy atom. The number of likely N-dealkylation sites (tertiary alicyclic amines) is 1. The highest BCUT2D eigenvalue weighted by Crippen LogP contribution is 2.23. The molecule has 0 aromatic carbocycles. The second-order valence-electron chi connectivity index (χ2n) is 4.64. The van der Waals surface area contributed by atoms with Crippen molar-refractivity contribution in [2.24, 2.45) is 5.92 Å². The highest BCUT2D eigenvalue weighted by Gasteiger charge is 2.25. The van der Waals surface area contributed by atoms with Crippen molar-refractivity contribution in [1.29, 1.82) is 0 Å². The average Bonchev–Trinajstić information content (AvgIpc) is 2.38. The Morgan fingerprint density at radius 1 is 1.50 bits per heavy atom. The van der Waals surface area contributed by atoms with E-state index in [0.29, 0.717) is 16.6 Å². The van der Waals surface area contributed by atoms with Crippen LogP contribution in [0.1, 0.15) is 36.5 Å². The van der Waals surface area contributed by atoms with Crippen LogP contribution in [0.25, 0.3) is 0 Å². The quantitative estimate of drug-likeness (QED) is 0.778. The zero-order valence-electron chi connectivity index (χ0n) is 10.3. The fourth-order valence-corrected chi connectivity index (χ4v) is 2.75. The monoisotopic (exact) mass is 286 g/mol. The minimum atomic E-state index is -0.0395. The molecule has 5 heteroatoms. The first-order chi connectivity index (χ1) is 8.61. The van der Waals surface area contributed by atoms with Crippen LogP contribution in [0.3, 0.4) is 0 Å². The van der Waals surface area contributed by atoms with Crippen molar-refractivity contribution in [2.75, 3.05) is 13.1 Å². The summed E-state index contributed by atoms with van der Waals surface area (Å²) in [5, 5.41) is 0.493. The molecule has 2 heterocycles. The van der Waals surface area contributed by atoms with Crippen LogP contribution in [0.2, 0.25) is 10.3 Å². The molecule has 0 spiro atoms. The second kappa shape index (κ2) is 5.89. The van der Waals surface area contributed by atoms with Gasteiger partial charge in [-0.25, -0.2) is 4.98 Å². The van der Waals surface area contributed by atoms with Gasteiger partial charge in [-0.2, -0.15) is 0 Å². The van der Waals surface area contributed by atoms with Gasteiger partial charge in [0.1, 0.15) is 10.3 Å². The Bertz CT molecular complexity index is 451. The summed E-state index contributed by atoms with van der Waals surface area (Å²) in [7, 11) is 0. The predicted molar refractivity (Wildman–Crippen MR) is 73.2 cm³/mol. The van der Waals surface area contributed by atoms with Gasteiger partial charge in [0, 0.05) is 13.1 Å². The number of aromatic nitrogens is 1. The molecular weight excluding hydrogens is 271 g/mol. The lowest BCUT2D eigenvalue weighted by atomic mass is 9.95. The summed E-state index contributed by atoms with van der Waals surface area (Å²) in [6, 6.07) is 3.25. The summed E-state index contributed by atoms with van der Waals surface area (Å²) in [6.45, 7) is 3.78. The minimum Gasteiger partial charge on any atom is -0.338 e. The molecule has 3 nitrogen and oxygen atoms in total. The van der Waals surface area contributed by atoms with Gasteiger partial charge in [0.2, 0.25) is 0 Å². The Hall–Kier alpha value is -0.800. The first-order valence-corrected chi connectivity index (χ1v) is 6.98. The lowest BCUT2D eigenvalue weighted by Crippen LogP contribution is -2.39. The zero-order chi connectivity index (χ0) is 13.1. The molecule has 2 rings (SSSR count). The van der Waals surface area contributed by atoms with Crippen molar-refractivity contribution in [1.82, 2.24) is 9.88 Å². The van der Waals surface area contributed by atoms with Crippen molar-refractivity contribution in [2.45, 2.75) is 26.2 Å². The molecule has 1 fully saturated rings. The molecule has 1 atom stereocenters. The largest absolute Gasteiger partial charge is 0.338 e. The predicted octanol–water partition coefficient (Wildman–Crippen LogP) is 3.65. The number of hydrogen-bond acceptors (Lipinski definition) is 2. The van der Waals surface area contributed by atoms with E-state index in [-0.39, 0.29) is 11.1 Å². The van der Waals surface area contributed by atoms with Gasteiger partial charge in [0.25, 0.3) is 5.91 Å². The molecule has 1 unspecified atom stereocenters. The molecule has 0 N–H and O–H groups in total. The highest BCUT2D eigenvalue weighted by atomic mass is 35.5. The first-order valence-electron chi connectivity index (χ1n) is 6.23. The van der Waals surface area contributed by atoms with E-state index in [4.69, 9.17) is 23.2 Å². The van der Waals surface area contributed by atoms with E-state index < -0.39 is 0 Å². The smallest absolute Gasteiger partial charge is 0.256 e. The van der Waals surface area contributed by atoms with E-state index in [9.17, 15) is 4.79 Å². The molecule has 0 saturated carbocycles. The lowest BCUT2D eigenvalue weighted by molar-refractivity contribution is 0.0671. The third kappa shape index (κ3) is 2.96. The lowest BCUT2D eigenvalue weighted by Gasteiger charge is -2.32. The maximum Gasteiger partial charge on any atom is 0.256 e. The average molecular weight is 287 g/mol. The summed E-state index contributed by atoms with van der Waals surface area (Å²) >= 11 is 11.7. The normalized spacial score (nSPS) is 19.9. The molecule has 18 heavy (non-hydrogen) atoms. The van der Waals surface area contributed by atoms with Gasteiger partial charge in [-0.15, -0.1) is 0 Å². The van der Waals surface area contributed by atoms with Gasteiger partial charge >= 0.3 is 0 Å². The fourth-order valence-electron chi connectivity index (χ4n) is 2.32. The van der Waals surface area contributed by atoms with Crippen LogP contribution in [0.4, 0.5) is 0 Å². The molecule has 1 aromatic rings. The molecule has 1 aliphatic rings. The number of rotatable bonds is 2. The summed E-state index contributed by atoms with van der Waals surface area (Å²) < 4.78 is 0. The molecule has 1 amide bonds. The van der Waals surface area contributed by atoms with Crippen LogP contribution in [0, 0.1) is 5.92 Å². The second-order valence-corrected chi connectivity index (χ2v) is 5.39. The van der Waals surface area contributed by atoms with E-state index in [1.165, 1.54) is 6.42 Å². The molecular formula is C13H16Cl2N2O. The number of pyridine rings is 1. The maximum atomic E-state index is 12.4. The number of carbonyl (C=O) groups excluding carboxylic acids is 1. The van der Waals surface area contributed by atoms with Crippen LogP contribution >= 0.6 is 23.2 Å². The number of hydrogen-bond donors (Lipinski definition) is 0. The SMILES string of the molecule is CCC1CCCN(C(=O)c2ccc(Cl)nc2Cl)C1. The third-order valence-corrected chi connectivity index (χ3v) is 3.93. The number of carbonyl (C=O) groups is 1. The molecule has 98 valence electrons. The molecule has 1 aromatic heterocycles. The number of piperidine rings is 1. The molecule has 0 bridgehead atoms. The van der Waals surface area contributed by atoms with E-state index >= 15 is 0 Å². The first kappa shape index (κ1) is 13.6. The summed E-state index contributed by atoms with van der Waals surface area (Å²) in [5.74, 6) is 0.559. The minimum absolute atomic E-state index is 0.0395. The summed E-state index contributed by atoms with van der Waals surface area (Å²) in [5.41, 5.74) is 0.442. The number of amides is 1. The Labute approximate surface area is 117 Å². The topological polar surface area (TPSA) is 33.2 Å². The maximum absolute atomic E-state index is 12.4. The summed E-state index contributed by atoms with van der Waals surface area (Å²) in [4.78, 5) is 18.1. The number of nitrogens with zero attached hydrogens (tertiary/aromatic N) is 2. The fraction of sp³-hybridized carbons (Fsp3) is 0.538. The van der Waals surface area contributed by atoms with Crippen LogP contribution in [0.5, 0.6) is 0 Å². The van der Waals surface area contributed by atoms with Crippen LogP contribution in [0.15, 0.2) is 12.1 Å². The van der Waals surface area contributed by atoms with Gasteiger partial charge < -0.3 is 4.90 Å². The van der Waals surface area contributed by atoms with Crippen LogP contribution < -0.4 is 0 Å². The highest BCUT2D eigenvalue weighted by molar-refractivity contribution is 6.34. The van der Waals surface area contributed by atoms with E-state index in [1.54, 1.807) is 12.1 Å². The van der Waals surface area contributed by atoms with Crippen LogP contribution in [-0.2, 0) is 0 Å². The van der Waals surface area contributed by atoms with Crippen molar-refractivity contribution < 1.29 is 4.79 Å². The van der Waals surface area contributed by atoms with Crippen molar-refractivity contribution in [3.05, 3.63) is 28.0 Å². The van der Waals surface area contributed by atoms with Crippen LogP contribution in [-0.4, -0.2) is 28.9 Å². The molecule has 1 aliphatic heterocycles. The van der Waals surface area contributed by atoms with Crippen molar-refractivity contribution in [3.63, 3.8) is 0 Å². The Balaban J connectivity index is 2.15. The van der Waals surface area contributed by atoms with Gasteiger partial charge in [0.15, 0.2) is 0 Å². The van der Waals surface area contributed by atoms with Crippen molar-refractivity contribution in [3.8, 4) is 0 Å². The van der Waals surface area contributed by atoms with Gasteiger partial charge in [-0.3, -0.25) is 4.79 Å². The zero-order valence-corrected chi connectivity index (χ0v) is 11.8. The summed E-state index contributed by atoms with van der Waals surface area (Å²) in [6.07, 6.45) is 3.37. The van der Waals surface area contributed by atoms with E-state index in [2.05, 4.69) is 11.9 Å². The molecule has 0 aliphatic carbocycles. The number of halogens is 2. The van der Waals surface area contributed by atoms with Gasteiger partial charge in [-0.1, -0.05) is 36.5 Å². The van der Waals surface area contributed by atoms with Gasteiger partial charge in [-0.05, 0) is 30.9 Å². The third-order valence-electron chi connectivity index (χ3n) is 3.43. The standard InChI is InChI=1S/C13H16Cl2N2O/c1-2-9-4-3-7-17(8-9)13(18)10-5-6-11(14)16-12(10)15/h5-6,9H,2-4,7-8H2,1H3. The Morgan fingerprint density at radius 2 is 2.28 bits per heavy atom. The molecule has 0 radical (unpaired) electrons. The van der Waals surface area contributed by atoms with E-state index in [1.807, 2.05) is 4.90 Å². The van der Waals surface area contributed by atoms with E-state index in [0.717, 1.165) is 25.9 Å².